The van der Waals surface area contributed by atoms with Crippen LogP contribution in [0.4, 0.5) is 4.79 Å². The summed E-state index contributed by atoms with van der Waals surface area (Å²) < 4.78 is 4.41. The fourth-order valence-electron chi connectivity index (χ4n) is 0.449. The highest BCUT2D eigenvalue weighted by Gasteiger charge is 2.03. The van der Waals surface area contributed by atoms with Crippen molar-refractivity contribution in [2.24, 2.45) is 0 Å². The van der Waals surface area contributed by atoms with E-state index in [2.05, 4.69) is 17.4 Å². The summed E-state index contributed by atoms with van der Waals surface area (Å²) in [4.78, 5) is 21.6. The summed E-state index contributed by atoms with van der Waals surface area (Å²) in [6.07, 6.45) is -0.899. The molecule has 0 rings (SSSR count). The number of amides is 2. The van der Waals surface area contributed by atoms with Crippen LogP contribution in [0.1, 0.15) is 6.92 Å². The molecule has 5 nitrogen and oxygen atoms in total. The van der Waals surface area contributed by atoms with Gasteiger partial charge in [-0.15, -0.1) is 5.41 Å². The maximum absolute atomic E-state index is 10.9. The van der Waals surface area contributed by atoms with Gasteiger partial charge in [-0.25, -0.2) is 17.4 Å². The van der Waals surface area contributed by atoms with Gasteiger partial charge in [-0.1, -0.05) is 11.6 Å². The SMILES string of the molecule is CCOC(=O)NC(=O)C(C#N)=[C-]S. The third-order valence-electron chi connectivity index (χ3n) is 0.942. The maximum Gasteiger partial charge on any atom is 0.402 e. The van der Waals surface area contributed by atoms with E-state index in [1.807, 2.05) is 10.7 Å². The highest BCUT2D eigenvalue weighted by atomic mass is 32.1. The second-order valence-corrected chi connectivity index (χ2v) is 2.00. The van der Waals surface area contributed by atoms with E-state index in [1.54, 1.807) is 6.92 Å². The average molecular weight is 199 g/mol. The van der Waals surface area contributed by atoms with Crippen LogP contribution in [0.2, 0.25) is 0 Å². The van der Waals surface area contributed by atoms with Crippen molar-refractivity contribution >= 4 is 24.6 Å². The summed E-state index contributed by atoms with van der Waals surface area (Å²) in [6.45, 7) is 1.74. The Kier molecular flexibility index (Phi) is 5.39. The smallest absolute Gasteiger partial charge is 0.402 e. The molecule has 0 aromatic carbocycles. The van der Waals surface area contributed by atoms with Gasteiger partial charge in [0.1, 0.15) is 0 Å². The molecule has 0 bridgehead atoms. The van der Waals surface area contributed by atoms with Crippen LogP contribution in [-0.2, 0) is 9.53 Å². The highest BCUT2D eigenvalue weighted by molar-refractivity contribution is 7.82. The van der Waals surface area contributed by atoms with Gasteiger partial charge in [0, 0.05) is 0 Å². The zero-order valence-corrected chi connectivity index (χ0v) is 7.72. The van der Waals surface area contributed by atoms with Crippen molar-refractivity contribution in [1.29, 1.82) is 5.26 Å². The quantitative estimate of drug-likeness (QED) is 0.292. The number of thiol groups is 1. The Hall–Kier alpha value is -1.48. The first kappa shape index (κ1) is 11.5. The number of hydrogen-bond acceptors (Lipinski definition) is 5. The molecule has 0 spiro atoms. The number of nitriles is 1. The number of ether oxygens (including phenoxy) is 1. The van der Waals surface area contributed by atoms with Gasteiger partial charge in [0.05, 0.1) is 6.61 Å². The van der Waals surface area contributed by atoms with Crippen molar-refractivity contribution in [3.63, 3.8) is 0 Å². The summed E-state index contributed by atoms with van der Waals surface area (Å²) in [5.41, 5.74) is -0.378. The van der Waals surface area contributed by atoms with Crippen molar-refractivity contribution in [2.75, 3.05) is 6.61 Å². The molecule has 0 aliphatic heterocycles. The van der Waals surface area contributed by atoms with Crippen molar-refractivity contribution in [3.8, 4) is 6.07 Å². The lowest BCUT2D eigenvalue weighted by molar-refractivity contribution is -0.116. The molecule has 0 heterocycles. The van der Waals surface area contributed by atoms with E-state index in [0.717, 1.165) is 0 Å². The molecule has 6 heteroatoms. The molecule has 0 saturated carbocycles. The second kappa shape index (κ2) is 6.08. The minimum atomic E-state index is -0.899. The van der Waals surface area contributed by atoms with E-state index < -0.39 is 12.0 Å². The number of nitrogens with zero attached hydrogens (tertiary/aromatic N) is 1. The number of nitrogens with one attached hydrogen (secondary N) is 1. The van der Waals surface area contributed by atoms with Crippen LogP contribution >= 0.6 is 12.6 Å². The molecular formula is C7H7N2O3S-. The van der Waals surface area contributed by atoms with Crippen molar-refractivity contribution in [1.82, 2.24) is 5.32 Å². The molecular weight excluding hydrogens is 192 g/mol. The lowest BCUT2D eigenvalue weighted by Gasteiger charge is -2.07. The first-order valence-corrected chi connectivity index (χ1v) is 3.75. The summed E-state index contributed by atoms with van der Waals surface area (Å²) in [5, 5.41) is 12.2. The molecule has 0 aliphatic rings. The highest BCUT2D eigenvalue weighted by Crippen LogP contribution is 1.93. The summed E-state index contributed by atoms with van der Waals surface area (Å²) in [5.74, 6) is -0.879. The molecule has 13 heavy (non-hydrogen) atoms. The van der Waals surface area contributed by atoms with Gasteiger partial charge in [-0.2, -0.15) is 0 Å². The van der Waals surface area contributed by atoms with Gasteiger partial charge >= 0.3 is 6.09 Å². The van der Waals surface area contributed by atoms with E-state index in [-0.39, 0.29) is 12.2 Å². The van der Waals surface area contributed by atoms with E-state index >= 15 is 0 Å². The molecule has 0 saturated heterocycles. The number of rotatable bonds is 2. The Morgan fingerprint density at radius 1 is 1.69 bits per heavy atom. The Bertz CT molecular complexity index is 280. The summed E-state index contributed by atoms with van der Waals surface area (Å²) >= 11 is 3.49. The predicted octanol–water partition coefficient (Wildman–Crippen LogP) is 0.400. The molecule has 0 unspecified atom stereocenters. The number of imide groups is 1. The van der Waals surface area contributed by atoms with Crippen LogP contribution in [0.5, 0.6) is 0 Å². The number of hydrogen-bond donors (Lipinski definition) is 2. The molecule has 0 fully saturated rings. The molecule has 0 radical (unpaired) electrons. The zero-order chi connectivity index (χ0) is 10.3. The van der Waals surface area contributed by atoms with Crippen molar-refractivity contribution in [2.45, 2.75) is 6.92 Å². The van der Waals surface area contributed by atoms with Crippen LogP contribution < -0.4 is 5.32 Å². The minimum absolute atomic E-state index is 0.148. The van der Waals surface area contributed by atoms with Gasteiger partial charge < -0.3 is 14.8 Å². The molecule has 0 aliphatic carbocycles. The first-order chi connectivity index (χ1) is 6.15. The number of alkyl carbamates (subject to hydrolysis) is 1. The number of carbonyl (C=O) groups is 2. The zero-order valence-electron chi connectivity index (χ0n) is 6.83. The van der Waals surface area contributed by atoms with Gasteiger partial charge in [0.2, 0.25) is 0 Å². The van der Waals surface area contributed by atoms with Crippen LogP contribution in [0, 0.1) is 16.7 Å². The maximum atomic E-state index is 10.9. The molecule has 0 atom stereocenters. The first-order valence-electron chi connectivity index (χ1n) is 3.31. The second-order valence-electron chi connectivity index (χ2n) is 1.77. The molecule has 70 valence electrons. The van der Waals surface area contributed by atoms with Gasteiger partial charge in [0.25, 0.3) is 0 Å². The third kappa shape index (κ3) is 4.18. The van der Waals surface area contributed by atoms with Gasteiger partial charge in [0.15, 0.2) is 5.91 Å². The standard InChI is InChI=1S/C7H7N2O3S/c1-2-12-7(11)9-6(10)5(3-8)4-13/h13H,2H2,1H3,(H,9,10,11)/q-1. The molecule has 0 aromatic rings. The molecule has 1 N–H and O–H groups in total. The third-order valence-corrected chi connectivity index (χ3v) is 1.17. The van der Waals surface area contributed by atoms with Gasteiger partial charge in [-0.05, 0) is 6.92 Å². The Labute approximate surface area is 80.8 Å². The predicted molar refractivity (Wildman–Crippen MR) is 46.5 cm³/mol. The Balaban J connectivity index is 4.17. The van der Waals surface area contributed by atoms with Crippen LogP contribution in [0.15, 0.2) is 5.57 Å². The van der Waals surface area contributed by atoms with E-state index in [0.29, 0.717) is 0 Å². The average Bonchev–Trinajstić information content (AvgIpc) is 2.06. The lowest BCUT2D eigenvalue weighted by atomic mass is 10.3. The van der Waals surface area contributed by atoms with E-state index in [4.69, 9.17) is 5.26 Å². The largest absolute Gasteiger partial charge is 0.450 e. The van der Waals surface area contributed by atoms with Crippen molar-refractivity contribution in [3.05, 3.63) is 11.0 Å². The van der Waals surface area contributed by atoms with Crippen molar-refractivity contribution < 1.29 is 14.3 Å². The fourth-order valence-corrected chi connectivity index (χ4v) is 0.600. The Morgan fingerprint density at radius 2 is 2.31 bits per heavy atom. The van der Waals surface area contributed by atoms with Gasteiger partial charge in [-0.3, -0.25) is 5.26 Å². The fraction of sp³-hybridized carbons (Fsp3) is 0.286. The summed E-state index contributed by atoms with van der Waals surface area (Å²) in [7, 11) is 0. The van der Waals surface area contributed by atoms with Crippen LogP contribution in [0.25, 0.3) is 0 Å². The number of carbonyl (C=O) groups excluding carboxylic acids is 2. The summed E-state index contributed by atoms with van der Waals surface area (Å²) in [6, 6.07) is 1.51. The normalized spacial score (nSPS) is 10.1. The van der Waals surface area contributed by atoms with Crippen LogP contribution in [0.3, 0.4) is 0 Å². The van der Waals surface area contributed by atoms with Crippen LogP contribution in [-0.4, -0.2) is 18.6 Å². The topological polar surface area (TPSA) is 79.2 Å². The minimum Gasteiger partial charge on any atom is -0.450 e. The molecule has 2 amide bonds. The molecule has 0 aromatic heterocycles. The lowest BCUT2D eigenvalue weighted by Crippen LogP contribution is -2.31. The van der Waals surface area contributed by atoms with E-state index in [9.17, 15) is 9.59 Å². The van der Waals surface area contributed by atoms with E-state index in [1.165, 1.54) is 6.07 Å². The monoisotopic (exact) mass is 199 g/mol. The Morgan fingerprint density at radius 3 is 2.69 bits per heavy atom.